The first kappa shape index (κ1) is 21.8. The van der Waals surface area contributed by atoms with Gasteiger partial charge in [-0.3, -0.25) is 9.20 Å². The van der Waals surface area contributed by atoms with Gasteiger partial charge >= 0.3 is 0 Å². The Hall–Kier alpha value is -3.75. The molecular weight excluding hydrogens is 474 g/mol. The highest BCUT2D eigenvalue weighted by Gasteiger charge is 2.18. The number of para-hydroxylation sites is 1. The van der Waals surface area contributed by atoms with Crippen molar-refractivity contribution in [1.29, 1.82) is 0 Å². The molecule has 0 N–H and O–H groups in total. The second-order valence-electron chi connectivity index (χ2n) is 8.29. The quantitative estimate of drug-likeness (QED) is 0.278. The third-order valence-corrected chi connectivity index (χ3v) is 7.69. The molecule has 0 fully saturated rings. The molecule has 0 radical (unpaired) electrons. The van der Waals surface area contributed by atoms with Crippen LogP contribution in [0.15, 0.2) is 94.2 Å². The zero-order chi connectivity index (χ0) is 23.8. The van der Waals surface area contributed by atoms with E-state index < -0.39 is 0 Å². The number of benzene rings is 3. The van der Waals surface area contributed by atoms with Gasteiger partial charge in [0.2, 0.25) is 5.78 Å². The lowest BCUT2D eigenvalue weighted by atomic mass is 10.2. The number of nitrogens with zero attached hydrogens (tertiary/aromatic N) is 5. The second-order valence-corrected chi connectivity index (χ2v) is 10.2. The molecule has 0 saturated carbocycles. The van der Waals surface area contributed by atoms with Crippen LogP contribution in [0.3, 0.4) is 0 Å². The standard InChI is InChI=1S/C27H21N5OS2/c1-18-11-13-21(14-12-18)31-25(33)22-9-5-6-10-23(22)32-26(31)29-30-27(32)35-17-20-16-34-24(28-20)15-19-7-3-2-4-8-19/h2-14,16H,15,17H2,1H3. The zero-order valence-corrected chi connectivity index (χ0v) is 20.6. The maximum atomic E-state index is 13.4. The van der Waals surface area contributed by atoms with Gasteiger partial charge in [0.25, 0.3) is 5.56 Å². The first-order valence-electron chi connectivity index (χ1n) is 11.2. The summed E-state index contributed by atoms with van der Waals surface area (Å²) < 4.78 is 3.61. The summed E-state index contributed by atoms with van der Waals surface area (Å²) in [5, 5.41) is 13.5. The Labute approximate surface area is 209 Å². The Balaban J connectivity index is 1.37. The van der Waals surface area contributed by atoms with E-state index in [1.54, 1.807) is 27.7 Å². The number of aromatic nitrogens is 5. The summed E-state index contributed by atoms with van der Waals surface area (Å²) in [6.45, 7) is 2.03. The average molecular weight is 496 g/mol. The molecule has 0 bridgehead atoms. The van der Waals surface area contributed by atoms with Gasteiger partial charge < -0.3 is 0 Å². The molecule has 3 aromatic heterocycles. The van der Waals surface area contributed by atoms with Crippen LogP contribution in [-0.2, 0) is 12.2 Å². The molecule has 0 atom stereocenters. The lowest BCUT2D eigenvalue weighted by Gasteiger charge is -2.11. The molecule has 0 amide bonds. The summed E-state index contributed by atoms with van der Waals surface area (Å²) in [6, 6.07) is 25.9. The van der Waals surface area contributed by atoms with Crippen LogP contribution in [0.1, 0.15) is 21.8 Å². The SMILES string of the molecule is Cc1ccc(-n2c(=O)c3ccccc3n3c(SCc4csc(Cc5ccccc5)n4)nnc23)cc1. The van der Waals surface area contributed by atoms with Crippen LogP contribution in [0.4, 0.5) is 0 Å². The molecule has 6 aromatic rings. The summed E-state index contributed by atoms with van der Waals surface area (Å²) in [7, 11) is 0. The first-order valence-corrected chi connectivity index (χ1v) is 13.1. The fourth-order valence-electron chi connectivity index (χ4n) is 4.10. The minimum absolute atomic E-state index is 0.106. The van der Waals surface area contributed by atoms with Crippen LogP contribution < -0.4 is 5.56 Å². The van der Waals surface area contributed by atoms with Gasteiger partial charge in [-0.05, 0) is 36.8 Å². The van der Waals surface area contributed by atoms with Gasteiger partial charge in [0.15, 0.2) is 5.16 Å². The molecule has 0 unspecified atom stereocenters. The predicted molar refractivity (Wildman–Crippen MR) is 142 cm³/mol. The van der Waals surface area contributed by atoms with Crippen LogP contribution in [0.5, 0.6) is 0 Å². The highest BCUT2D eigenvalue weighted by atomic mass is 32.2. The summed E-state index contributed by atoms with van der Waals surface area (Å²) in [5.74, 6) is 1.17. The molecular formula is C27H21N5OS2. The van der Waals surface area contributed by atoms with E-state index in [1.165, 1.54) is 5.56 Å². The molecule has 3 aromatic carbocycles. The molecule has 172 valence electrons. The lowest BCUT2D eigenvalue weighted by Crippen LogP contribution is -2.21. The molecule has 3 heterocycles. The number of thioether (sulfide) groups is 1. The van der Waals surface area contributed by atoms with Crippen molar-refractivity contribution in [1.82, 2.24) is 24.1 Å². The van der Waals surface area contributed by atoms with Crippen LogP contribution >= 0.6 is 23.1 Å². The summed E-state index contributed by atoms with van der Waals surface area (Å²) in [6.07, 6.45) is 0.831. The van der Waals surface area contributed by atoms with Gasteiger partial charge in [0.05, 0.1) is 27.3 Å². The molecule has 6 nitrogen and oxygen atoms in total. The van der Waals surface area contributed by atoms with Gasteiger partial charge in [0, 0.05) is 17.6 Å². The van der Waals surface area contributed by atoms with E-state index in [1.807, 2.05) is 65.9 Å². The maximum Gasteiger partial charge on any atom is 0.267 e. The number of hydrogen-bond acceptors (Lipinski definition) is 6. The molecule has 35 heavy (non-hydrogen) atoms. The number of aryl methyl sites for hydroxylation is 1. The molecule has 0 aliphatic rings. The third kappa shape index (κ3) is 4.15. The van der Waals surface area contributed by atoms with E-state index in [0.717, 1.165) is 39.0 Å². The van der Waals surface area contributed by atoms with Crippen molar-refractivity contribution in [2.45, 2.75) is 24.3 Å². The molecule has 0 spiro atoms. The van der Waals surface area contributed by atoms with Crippen LogP contribution in [-0.4, -0.2) is 24.1 Å². The van der Waals surface area contributed by atoms with E-state index in [4.69, 9.17) is 4.98 Å². The monoisotopic (exact) mass is 495 g/mol. The fourth-order valence-corrected chi connectivity index (χ4v) is 5.87. The first-order chi connectivity index (χ1) is 17.2. The fraction of sp³-hybridized carbons (Fsp3) is 0.111. The van der Waals surface area contributed by atoms with Crippen molar-refractivity contribution in [3.05, 3.63) is 116 Å². The minimum atomic E-state index is -0.106. The number of thiazole rings is 1. The van der Waals surface area contributed by atoms with Crippen LogP contribution in [0.2, 0.25) is 0 Å². The van der Waals surface area contributed by atoms with E-state index in [9.17, 15) is 4.79 Å². The van der Waals surface area contributed by atoms with Gasteiger partial charge in [-0.25, -0.2) is 9.55 Å². The highest BCUT2D eigenvalue weighted by molar-refractivity contribution is 7.98. The molecule has 8 heteroatoms. The van der Waals surface area contributed by atoms with E-state index >= 15 is 0 Å². The van der Waals surface area contributed by atoms with Crippen LogP contribution in [0.25, 0.3) is 22.4 Å². The van der Waals surface area contributed by atoms with Gasteiger partial charge in [-0.1, -0.05) is 71.9 Å². The van der Waals surface area contributed by atoms with Crippen molar-refractivity contribution in [3.8, 4) is 5.69 Å². The molecule has 6 rings (SSSR count). The summed E-state index contributed by atoms with van der Waals surface area (Å²) in [5.41, 5.74) is 4.86. The molecule has 0 aliphatic heterocycles. The van der Waals surface area contributed by atoms with E-state index in [-0.39, 0.29) is 5.56 Å². The molecule has 0 saturated heterocycles. The Kier molecular flexibility index (Phi) is 5.67. The van der Waals surface area contributed by atoms with Crippen molar-refractivity contribution < 1.29 is 0 Å². The maximum absolute atomic E-state index is 13.4. The van der Waals surface area contributed by atoms with Gasteiger partial charge in [0.1, 0.15) is 0 Å². The van der Waals surface area contributed by atoms with Gasteiger partial charge in [-0.2, -0.15) is 0 Å². The predicted octanol–water partition coefficient (Wildman–Crippen LogP) is 5.68. The average Bonchev–Trinajstić information content (AvgIpc) is 3.51. The largest absolute Gasteiger partial charge is 0.268 e. The Morgan fingerprint density at radius 3 is 2.51 bits per heavy atom. The van der Waals surface area contributed by atoms with E-state index in [0.29, 0.717) is 16.9 Å². The van der Waals surface area contributed by atoms with Crippen LogP contribution in [0, 0.1) is 6.92 Å². The third-order valence-electron chi connectivity index (χ3n) is 5.83. The normalized spacial score (nSPS) is 11.5. The van der Waals surface area contributed by atoms with Crippen molar-refractivity contribution in [3.63, 3.8) is 0 Å². The van der Waals surface area contributed by atoms with E-state index in [2.05, 4.69) is 39.8 Å². The topological polar surface area (TPSA) is 65.1 Å². The van der Waals surface area contributed by atoms with Crippen molar-refractivity contribution in [2.24, 2.45) is 0 Å². The molecule has 0 aliphatic carbocycles. The van der Waals surface area contributed by atoms with Crippen molar-refractivity contribution >= 4 is 39.8 Å². The summed E-state index contributed by atoms with van der Waals surface area (Å²) >= 11 is 3.25. The smallest absolute Gasteiger partial charge is 0.267 e. The Bertz CT molecular complexity index is 1700. The Morgan fingerprint density at radius 2 is 1.69 bits per heavy atom. The van der Waals surface area contributed by atoms with Crippen molar-refractivity contribution in [2.75, 3.05) is 0 Å². The van der Waals surface area contributed by atoms with Gasteiger partial charge in [-0.15, -0.1) is 21.5 Å². The zero-order valence-electron chi connectivity index (χ0n) is 19.0. The number of hydrogen-bond donors (Lipinski definition) is 0. The Morgan fingerprint density at radius 1 is 0.914 bits per heavy atom. The highest BCUT2D eigenvalue weighted by Crippen LogP contribution is 2.27. The lowest BCUT2D eigenvalue weighted by molar-refractivity contribution is 0.929. The minimum Gasteiger partial charge on any atom is -0.268 e. The number of fused-ring (bicyclic) bond motifs is 3. The summed E-state index contributed by atoms with van der Waals surface area (Å²) in [4.78, 5) is 18.3. The second kappa shape index (κ2) is 9.13. The number of rotatable bonds is 6.